The van der Waals surface area contributed by atoms with Crippen molar-refractivity contribution in [1.29, 1.82) is 0 Å². The SMILES string of the molecule is Cc1noc(C(C)N2CCN(C(=O)C3CCNC3)CC2)n1.Cl.Cl. The fourth-order valence-electron chi connectivity index (χ4n) is 3.09. The van der Waals surface area contributed by atoms with Gasteiger partial charge in [-0.2, -0.15) is 4.98 Å². The summed E-state index contributed by atoms with van der Waals surface area (Å²) >= 11 is 0. The van der Waals surface area contributed by atoms with Crippen LogP contribution < -0.4 is 5.32 Å². The van der Waals surface area contributed by atoms with Gasteiger partial charge in [-0.3, -0.25) is 9.69 Å². The zero-order valence-corrected chi connectivity index (χ0v) is 15.2. The summed E-state index contributed by atoms with van der Waals surface area (Å²) in [6.07, 6.45) is 0.969. The van der Waals surface area contributed by atoms with Gasteiger partial charge in [-0.1, -0.05) is 5.16 Å². The minimum absolute atomic E-state index is 0. The number of halogens is 2. The number of aryl methyl sites for hydroxylation is 1. The molecule has 2 unspecified atom stereocenters. The van der Waals surface area contributed by atoms with E-state index in [1.165, 1.54) is 0 Å². The average Bonchev–Trinajstić information content (AvgIpc) is 3.17. The van der Waals surface area contributed by atoms with Gasteiger partial charge in [0.1, 0.15) is 0 Å². The van der Waals surface area contributed by atoms with Gasteiger partial charge in [0.2, 0.25) is 11.8 Å². The summed E-state index contributed by atoms with van der Waals surface area (Å²) in [6.45, 7) is 8.97. The van der Waals surface area contributed by atoms with Crippen molar-refractivity contribution in [3.05, 3.63) is 11.7 Å². The van der Waals surface area contributed by atoms with E-state index in [1.54, 1.807) is 0 Å². The first-order chi connectivity index (χ1) is 10.1. The van der Waals surface area contributed by atoms with Gasteiger partial charge in [0.15, 0.2) is 5.82 Å². The van der Waals surface area contributed by atoms with E-state index < -0.39 is 0 Å². The van der Waals surface area contributed by atoms with Gasteiger partial charge in [-0.15, -0.1) is 24.8 Å². The van der Waals surface area contributed by atoms with E-state index in [0.29, 0.717) is 17.6 Å². The lowest BCUT2D eigenvalue weighted by atomic mass is 10.1. The van der Waals surface area contributed by atoms with Crippen LogP contribution in [0.1, 0.15) is 31.1 Å². The van der Waals surface area contributed by atoms with Crippen molar-refractivity contribution in [3.63, 3.8) is 0 Å². The monoisotopic (exact) mass is 365 g/mol. The Balaban J connectivity index is 0.00000132. The lowest BCUT2D eigenvalue weighted by molar-refractivity contribution is -0.137. The third kappa shape index (κ3) is 4.56. The first-order valence-electron chi connectivity index (χ1n) is 7.69. The molecule has 0 bridgehead atoms. The van der Waals surface area contributed by atoms with Crippen molar-refractivity contribution >= 4 is 30.7 Å². The summed E-state index contributed by atoms with van der Waals surface area (Å²) < 4.78 is 5.24. The molecule has 1 aromatic rings. The topological polar surface area (TPSA) is 74.5 Å². The zero-order chi connectivity index (χ0) is 14.8. The summed E-state index contributed by atoms with van der Waals surface area (Å²) in [5, 5.41) is 7.10. The average molecular weight is 366 g/mol. The Morgan fingerprint density at radius 1 is 1.30 bits per heavy atom. The number of carbonyl (C=O) groups excluding carboxylic acids is 1. The van der Waals surface area contributed by atoms with Crippen molar-refractivity contribution in [2.75, 3.05) is 39.3 Å². The minimum atomic E-state index is 0. The molecule has 9 heteroatoms. The smallest absolute Gasteiger partial charge is 0.243 e. The first-order valence-corrected chi connectivity index (χ1v) is 7.69. The molecule has 2 fully saturated rings. The predicted octanol–water partition coefficient (Wildman–Crippen LogP) is 1.04. The zero-order valence-electron chi connectivity index (χ0n) is 13.5. The third-order valence-corrected chi connectivity index (χ3v) is 4.48. The number of nitrogens with zero attached hydrogens (tertiary/aromatic N) is 4. The van der Waals surface area contributed by atoms with Gasteiger partial charge >= 0.3 is 0 Å². The highest BCUT2D eigenvalue weighted by atomic mass is 35.5. The Morgan fingerprint density at radius 2 is 2.00 bits per heavy atom. The van der Waals surface area contributed by atoms with E-state index in [9.17, 15) is 4.79 Å². The molecule has 3 rings (SSSR count). The maximum absolute atomic E-state index is 12.4. The van der Waals surface area contributed by atoms with Crippen LogP contribution in [0.5, 0.6) is 0 Å². The molecule has 7 nitrogen and oxygen atoms in total. The summed E-state index contributed by atoms with van der Waals surface area (Å²) in [5.74, 6) is 1.81. The molecule has 0 spiro atoms. The Morgan fingerprint density at radius 3 is 2.52 bits per heavy atom. The Bertz CT molecular complexity index is 499. The Labute approximate surface area is 149 Å². The van der Waals surface area contributed by atoms with Crippen LogP contribution in [-0.2, 0) is 4.79 Å². The number of hydrogen-bond acceptors (Lipinski definition) is 6. The molecule has 2 atom stereocenters. The highest BCUT2D eigenvalue weighted by molar-refractivity contribution is 5.85. The fourth-order valence-corrected chi connectivity index (χ4v) is 3.09. The highest BCUT2D eigenvalue weighted by Gasteiger charge is 2.31. The number of aromatic nitrogens is 2. The van der Waals surface area contributed by atoms with Crippen LogP contribution in [-0.4, -0.2) is 65.1 Å². The number of rotatable bonds is 3. The van der Waals surface area contributed by atoms with Gasteiger partial charge in [0.05, 0.1) is 12.0 Å². The van der Waals surface area contributed by atoms with Gasteiger partial charge in [0.25, 0.3) is 0 Å². The van der Waals surface area contributed by atoms with E-state index in [0.717, 1.165) is 45.7 Å². The van der Waals surface area contributed by atoms with Crippen LogP contribution in [0.2, 0.25) is 0 Å². The Kier molecular flexibility index (Phi) is 7.73. The first kappa shape index (κ1) is 20.2. The van der Waals surface area contributed by atoms with Crippen LogP contribution in [0.4, 0.5) is 0 Å². The van der Waals surface area contributed by atoms with Gasteiger partial charge in [-0.05, 0) is 26.8 Å². The van der Waals surface area contributed by atoms with Crippen molar-refractivity contribution in [2.24, 2.45) is 5.92 Å². The number of amides is 1. The molecule has 2 aliphatic heterocycles. The third-order valence-electron chi connectivity index (χ3n) is 4.48. The normalized spacial score (nSPS) is 23.0. The number of carbonyl (C=O) groups is 1. The molecule has 0 aromatic carbocycles. The molecule has 1 N–H and O–H groups in total. The van der Waals surface area contributed by atoms with Crippen molar-refractivity contribution < 1.29 is 9.32 Å². The molecular formula is C14H25Cl2N5O2. The number of piperazine rings is 1. The maximum Gasteiger partial charge on any atom is 0.243 e. The highest BCUT2D eigenvalue weighted by Crippen LogP contribution is 2.21. The van der Waals surface area contributed by atoms with Crippen LogP contribution in [0.15, 0.2) is 4.52 Å². The van der Waals surface area contributed by atoms with Crippen LogP contribution >= 0.6 is 24.8 Å². The second-order valence-electron chi connectivity index (χ2n) is 5.91. The summed E-state index contributed by atoms with van der Waals surface area (Å²) in [7, 11) is 0. The van der Waals surface area contributed by atoms with Crippen LogP contribution in [0.3, 0.4) is 0 Å². The fraction of sp³-hybridized carbons (Fsp3) is 0.786. The summed E-state index contributed by atoms with van der Waals surface area (Å²) in [6, 6.07) is 0.108. The van der Waals surface area contributed by atoms with E-state index in [2.05, 4.69) is 27.3 Å². The molecule has 1 amide bonds. The second-order valence-corrected chi connectivity index (χ2v) is 5.91. The second kappa shape index (κ2) is 8.82. The molecule has 0 radical (unpaired) electrons. The van der Waals surface area contributed by atoms with E-state index >= 15 is 0 Å². The molecule has 0 saturated carbocycles. The van der Waals surface area contributed by atoms with Crippen molar-refractivity contribution in [2.45, 2.75) is 26.3 Å². The number of nitrogens with one attached hydrogen (secondary N) is 1. The van der Waals surface area contributed by atoms with Gasteiger partial charge < -0.3 is 14.7 Å². The molecular weight excluding hydrogens is 341 g/mol. The van der Waals surface area contributed by atoms with Crippen molar-refractivity contribution in [1.82, 2.24) is 25.3 Å². The van der Waals surface area contributed by atoms with Gasteiger partial charge in [-0.25, -0.2) is 0 Å². The van der Waals surface area contributed by atoms with E-state index in [4.69, 9.17) is 4.52 Å². The van der Waals surface area contributed by atoms with Crippen LogP contribution in [0, 0.1) is 12.8 Å². The van der Waals surface area contributed by atoms with E-state index in [1.807, 2.05) is 11.8 Å². The summed E-state index contributed by atoms with van der Waals surface area (Å²) in [4.78, 5) is 21.0. The molecule has 23 heavy (non-hydrogen) atoms. The molecule has 132 valence electrons. The van der Waals surface area contributed by atoms with Crippen LogP contribution in [0.25, 0.3) is 0 Å². The molecule has 0 aliphatic carbocycles. The standard InChI is InChI=1S/C14H23N5O2.2ClH/c1-10(13-16-11(2)17-21-13)18-5-7-19(8-6-18)14(20)12-3-4-15-9-12;;/h10,12,15H,3-9H2,1-2H3;2*1H. The quantitative estimate of drug-likeness (QED) is 0.862. The number of hydrogen-bond donors (Lipinski definition) is 1. The van der Waals surface area contributed by atoms with E-state index in [-0.39, 0.29) is 36.8 Å². The largest absolute Gasteiger partial charge is 0.340 e. The van der Waals surface area contributed by atoms with Crippen molar-refractivity contribution in [3.8, 4) is 0 Å². The predicted molar refractivity (Wildman–Crippen MR) is 91.1 cm³/mol. The van der Waals surface area contributed by atoms with Gasteiger partial charge in [0, 0.05) is 32.7 Å². The molecule has 3 heterocycles. The lowest BCUT2D eigenvalue weighted by Crippen LogP contribution is -2.51. The molecule has 2 aliphatic rings. The molecule has 1 aromatic heterocycles. The Hall–Kier alpha value is -0.890. The minimum Gasteiger partial charge on any atom is -0.340 e. The summed E-state index contributed by atoms with van der Waals surface area (Å²) in [5.41, 5.74) is 0. The maximum atomic E-state index is 12.4. The molecule has 2 saturated heterocycles. The lowest BCUT2D eigenvalue weighted by Gasteiger charge is -2.37.